The standard InChI is InChI=1S/C11H5N3O/c12-4-8-1-9(5-13)3-10(2-8)11-6-14-7-15-11/h1-3,6-7H. The summed E-state index contributed by atoms with van der Waals surface area (Å²) in [6.45, 7) is 0. The molecule has 0 saturated carbocycles. The average molecular weight is 195 g/mol. The largest absolute Gasteiger partial charge is 0.444 e. The van der Waals surface area contributed by atoms with E-state index in [-0.39, 0.29) is 0 Å². The molecule has 0 saturated heterocycles. The first-order valence-electron chi connectivity index (χ1n) is 4.17. The Hall–Kier alpha value is -2.59. The third-order valence-electron chi connectivity index (χ3n) is 1.91. The number of aromatic nitrogens is 1. The zero-order valence-electron chi connectivity index (χ0n) is 7.64. The van der Waals surface area contributed by atoms with Crippen molar-refractivity contribution < 1.29 is 4.42 Å². The minimum absolute atomic E-state index is 0.431. The van der Waals surface area contributed by atoms with Crippen LogP contribution < -0.4 is 0 Å². The molecule has 0 radical (unpaired) electrons. The third kappa shape index (κ3) is 1.70. The van der Waals surface area contributed by atoms with Gasteiger partial charge in [0.1, 0.15) is 0 Å². The van der Waals surface area contributed by atoms with Crippen molar-refractivity contribution in [2.24, 2.45) is 0 Å². The Kier molecular flexibility index (Phi) is 2.19. The molecule has 0 amide bonds. The lowest BCUT2D eigenvalue weighted by molar-refractivity contribution is 0.572. The van der Waals surface area contributed by atoms with E-state index >= 15 is 0 Å². The summed E-state index contributed by atoms with van der Waals surface area (Å²) in [6.07, 6.45) is 2.85. The Bertz CT molecular complexity index is 526. The van der Waals surface area contributed by atoms with Gasteiger partial charge in [0.15, 0.2) is 12.2 Å². The molecule has 4 heteroatoms. The van der Waals surface area contributed by atoms with Crippen molar-refractivity contribution in [3.05, 3.63) is 41.9 Å². The Balaban J connectivity index is 2.59. The molecular formula is C11H5N3O. The van der Waals surface area contributed by atoms with E-state index in [1.165, 1.54) is 18.7 Å². The van der Waals surface area contributed by atoms with Gasteiger partial charge in [-0.05, 0) is 18.2 Å². The monoisotopic (exact) mass is 195 g/mol. The molecule has 2 aromatic rings. The first kappa shape index (κ1) is 8.98. The summed E-state index contributed by atoms with van der Waals surface area (Å²) in [5, 5.41) is 17.5. The molecule has 0 spiro atoms. The summed E-state index contributed by atoms with van der Waals surface area (Å²) in [5.74, 6) is 0.545. The van der Waals surface area contributed by atoms with Crippen molar-refractivity contribution in [3.63, 3.8) is 0 Å². The van der Waals surface area contributed by atoms with Crippen LogP contribution in [0.25, 0.3) is 11.3 Å². The number of hydrogen-bond acceptors (Lipinski definition) is 4. The molecule has 0 aliphatic rings. The molecule has 0 bridgehead atoms. The van der Waals surface area contributed by atoms with Gasteiger partial charge in [0.25, 0.3) is 0 Å². The number of rotatable bonds is 1. The van der Waals surface area contributed by atoms with E-state index in [0.717, 1.165) is 0 Å². The summed E-state index contributed by atoms with van der Waals surface area (Å²) < 4.78 is 5.09. The van der Waals surface area contributed by atoms with Crippen molar-refractivity contribution in [1.82, 2.24) is 4.98 Å². The molecule has 1 aromatic carbocycles. The first-order valence-corrected chi connectivity index (χ1v) is 4.17. The van der Waals surface area contributed by atoms with Crippen molar-refractivity contribution >= 4 is 0 Å². The van der Waals surface area contributed by atoms with Gasteiger partial charge in [0.2, 0.25) is 0 Å². The lowest BCUT2D eigenvalue weighted by Crippen LogP contribution is -1.82. The van der Waals surface area contributed by atoms with Gasteiger partial charge < -0.3 is 4.42 Å². The van der Waals surface area contributed by atoms with Crippen LogP contribution in [-0.4, -0.2) is 4.98 Å². The van der Waals surface area contributed by atoms with Crippen molar-refractivity contribution in [2.75, 3.05) is 0 Å². The van der Waals surface area contributed by atoms with Gasteiger partial charge in [-0.15, -0.1) is 0 Å². The Morgan fingerprint density at radius 2 is 1.73 bits per heavy atom. The number of nitriles is 2. The fourth-order valence-corrected chi connectivity index (χ4v) is 1.26. The molecule has 1 heterocycles. The van der Waals surface area contributed by atoms with Crippen molar-refractivity contribution in [3.8, 4) is 23.5 Å². The summed E-state index contributed by atoms with van der Waals surface area (Å²) in [5.41, 5.74) is 1.55. The van der Waals surface area contributed by atoms with Gasteiger partial charge in [-0.3, -0.25) is 0 Å². The van der Waals surface area contributed by atoms with Gasteiger partial charge in [-0.1, -0.05) is 0 Å². The quantitative estimate of drug-likeness (QED) is 0.698. The summed E-state index contributed by atoms with van der Waals surface area (Å²) >= 11 is 0. The van der Waals surface area contributed by atoms with Crippen LogP contribution in [0.5, 0.6) is 0 Å². The maximum absolute atomic E-state index is 8.77. The van der Waals surface area contributed by atoms with Gasteiger partial charge >= 0.3 is 0 Å². The van der Waals surface area contributed by atoms with Crippen LogP contribution in [0, 0.1) is 22.7 Å². The minimum Gasteiger partial charge on any atom is -0.444 e. The maximum Gasteiger partial charge on any atom is 0.181 e. The molecular weight excluding hydrogens is 190 g/mol. The number of oxazole rings is 1. The lowest BCUT2D eigenvalue weighted by atomic mass is 10.1. The minimum atomic E-state index is 0.431. The van der Waals surface area contributed by atoms with E-state index in [1.807, 2.05) is 12.1 Å². The highest BCUT2D eigenvalue weighted by molar-refractivity contribution is 5.62. The van der Waals surface area contributed by atoms with E-state index < -0.39 is 0 Å². The molecule has 0 N–H and O–H groups in total. The van der Waals surface area contributed by atoms with E-state index in [2.05, 4.69) is 4.98 Å². The fourth-order valence-electron chi connectivity index (χ4n) is 1.26. The van der Waals surface area contributed by atoms with Crippen LogP contribution in [0.15, 0.2) is 35.2 Å². The first-order chi connectivity index (χ1) is 7.33. The predicted octanol–water partition coefficient (Wildman–Crippen LogP) is 2.08. The van der Waals surface area contributed by atoms with Gasteiger partial charge in [-0.25, -0.2) is 4.98 Å². The van der Waals surface area contributed by atoms with Crippen molar-refractivity contribution in [1.29, 1.82) is 10.5 Å². The van der Waals surface area contributed by atoms with E-state index in [9.17, 15) is 0 Å². The highest BCUT2D eigenvalue weighted by Crippen LogP contribution is 2.21. The summed E-state index contributed by atoms with van der Waals surface area (Å²) in [4.78, 5) is 3.78. The molecule has 4 nitrogen and oxygen atoms in total. The number of benzene rings is 1. The predicted molar refractivity (Wildman–Crippen MR) is 51.4 cm³/mol. The molecule has 0 aliphatic carbocycles. The molecule has 1 aromatic heterocycles. The fraction of sp³-hybridized carbons (Fsp3) is 0. The zero-order valence-corrected chi connectivity index (χ0v) is 7.64. The highest BCUT2D eigenvalue weighted by atomic mass is 16.3. The van der Waals surface area contributed by atoms with Crippen LogP contribution in [0.1, 0.15) is 11.1 Å². The van der Waals surface area contributed by atoms with Gasteiger partial charge in [-0.2, -0.15) is 10.5 Å². The average Bonchev–Trinajstić information content (AvgIpc) is 2.81. The van der Waals surface area contributed by atoms with Gasteiger partial charge in [0, 0.05) is 5.56 Å². The maximum atomic E-state index is 8.77. The molecule has 0 fully saturated rings. The molecule has 15 heavy (non-hydrogen) atoms. The SMILES string of the molecule is N#Cc1cc(C#N)cc(-c2cnco2)c1. The topological polar surface area (TPSA) is 73.6 Å². The second kappa shape index (κ2) is 3.65. The third-order valence-corrected chi connectivity index (χ3v) is 1.91. The van der Waals surface area contributed by atoms with Crippen LogP contribution in [0.4, 0.5) is 0 Å². The van der Waals surface area contributed by atoms with Crippen molar-refractivity contribution in [2.45, 2.75) is 0 Å². The summed E-state index contributed by atoms with van der Waals surface area (Å²) in [7, 11) is 0. The van der Waals surface area contributed by atoms with Crippen LogP contribution in [0.3, 0.4) is 0 Å². The Morgan fingerprint density at radius 3 is 2.20 bits per heavy atom. The highest BCUT2D eigenvalue weighted by Gasteiger charge is 2.05. The summed E-state index contributed by atoms with van der Waals surface area (Å²) in [6, 6.07) is 8.82. The molecule has 70 valence electrons. The number of nitrogens with zero attached hydrogens (tertiary/aromatic N) is 3. The van der Waals surface area contributed by atoms with E-state index in [0.29, 0.717) is 22.5 Å². The molecule has 2 rings (SSSR count). The smallest absolute Gasteiger partial charge is 0.181 e. The van der Waals surface area contributed by atoms with Crippen LogP contribution in [0.2, 0.25) is 0 Å². The van der Waals surface area contributed by atoms with Crippen LogP contribution in [-0.2, 0) is 0 Å². The second-order valence-corrected chi connectivity index (χ2v) is 2.89. The van der Waals surface area contributed by atoms with Crippen LogP contribution >= 0.6 is 0 Å². The normalized spacial score (nSPS) is 9.20. The van der Waals surface area contributed by atoms with E-state index in [1.54, 1.807) is 12.1 Å². The Labute approximate surface area is 86.0 Å². The molecule has 0 unspecified atom stereocenters. The van der Waals surface area contributed by atoms with Gasteiger partial charge in [0.05, 0.1) is 29.5 Å². The zero-order chi connectivity index (χ0) is 10.7. The molecule has 0 atom stereocenters. The molecule has 0 aliphatic heterocycles. The Morgan fingerprint density at radius 1 is 1.07 bits per heavy atom. The number of hydrogen-bond donors (Lipinski definition) is 0. The second-order valence-electron chi connectivity index (χ2n) is 2.89. The van der Waals surface area contributed by atoms with E-state index in [4.69, 9.17) is 14.9 Å². The lowest BCUT2D eigenvalue weighted by Gasteiger charge is -1.97.